The van der Waals surface area contributed by atoms with Crippen LogP contribution in [0.2, 0.25) is 0 Å². The van der Waals surface area contributed by atoms with Gasteiger partial charge in [-0.3, -0.25) is 0 Å². The first-order chi connectivity index (χ1) is 8.69. The molecule has 0 amide bonds. The third kappa shape index (κ3) is 2.46. The lowest BCUT2D eigenvalue weighted by Crippen LogP contribution is -2.40. The SMILES string of the molecule is CC(N)C1CCN(C2CCC3(CCCC3)CC2)C1. The summed E-state index contributed by atoms with van der Waals surface area (Å²) in [5.74, 6) is 0.757. The fourth-order valence-corrected chi connectivity index (χ4v) is 4.78. The van der Waals surface area contributed by atoms with E-state index in [1.54, 1.807) is 0 Å². The number of likely N-dealkylation sites (tertiary alicyclic amines) is 1. The second-order valence-electron chi connectivity index (χ2n) is 7.34. The molecule has 2 N–H and O–H groups in total. The number of nitrogens with zero attached hydrogens (tertiary/aromatic N) is 1. The van der Waals surface area contributed by atoms with E-state index < -0.39 is 0 Å². The lowest BCUT2D eigenvalue weighted by Gasteiger charge is -2.40. The fourth-order valence-electron chi connectivity index (χ4n) is 4.78. The molecule has 2 unspecified atom stereocenters. The maximum Gasteiger partial charge on any atom is 0.00957 e. The molecule has 0 aromatic heterocycles. The molecule has 0 aromatic carbocycles. The highest BCUT2D eigenvalue weighted by molar-refractivity contribution is 4.94. The Hall–Kier alpha value is -0.0800. The van der Waals surface area contributed by atoms with E-state index in [1.165, 1.54) is 70.9 Å². The summed E-state index contributed by atoms with van der Waals surface area (Å²) in [6.07, 6.45) is 13.3. The molecule has 104 valence electrons. The Morgan fingerprint density at radius 1 is 1.06 bits per heavy atom. The molecule has 0 bridgehead atoms. The number of hydrogen-bond acceptors (Lipinski definition) is 2. The summed E-state index contributed by atoms with van der Waals surface area (Å²) < 4.78 is 0. The van der Waals surface area contributed by atoms with Crippen molar-refractivity contribution in [3.05, 3.63) is 0 Å². The molecule has 1 aliphatic heterocycles. The smallest absolute Gasteiger partial charge is 0.00957 e. The van der Waals surface area contributed by atoms with Crippen LogP contribution in [0.4, 0.5) is 0 Å². The van der Waals surface area contributed by atoms with Crippen LogP contribution in [-0.2, 0) is 0 Å². The quantitative estimate of drug-likeness (QED) is 0.815. The lowest BCUT2D eigenvalue weighted by molar-refractivity contribution is 0.104. The molecular formula is C16H30N2. The van der Waals surface area contributed by atoms with Crippen LogP contribution in [0.5, 0.6) is 0 Å². The van der Waals surface area contributed by atoms with Crippen LogP contribution in [-0.4, -0.2) is 30.1 Å². The summed E-state index contributed by atoms with van der Waals surface area (Å²) in [5, 5.41) is 0. The van der Waals surface area contributed by atoms with Gasteiger partial charge in [0.2, 0.25) is 0 Å². The molecule has 1 heterocycles. The first-order valence-electron chi connectivity index (χ1n) is 8.18. The molecule has 0 radical (unpaired) electrons. The molecule has 3 rings (SSSR count). The highest BCUT2D eigenvalue weighted by Gasteiger charge is 2.40. The maximum atomic E-state index is 6.06. The van der Waals surface area contributed by atoms with Gasteiger partial charge < -0.3 is 10.6 Å². The van der Waals surface area contributed by atoms with Gasteiger partial charge in [-0.25, -0.2) is 0 Å². The zero-order chi connectivity index (χ0) is 12.6. The zero-order valence-electron chi connectivity index (χ0n) is 12.0. The third-order valence-corrected chi connectivity index (χ3v) is 6.20. The van der Waals surface area contributed by atoms with Crippen molar-refractivity contribution in [3.63, 3.8) is 0 Å². The second kappa shape index (κ2) is 5.13. The van der Waals surface area contributed by atoms with E-state index in [0.717, 1.165) is 17.4 Å². The van der Waals surface area contributed by atoms with E-state index >= 15 is 0 Å². The molecular weight excluding hydrogens is 220 g/mol. The Kier molecular flexibility index (Phi) is 3.68. The van der Waals surface area contributed by atoms with Crippen molar-refractivity contribution >= 4 is 0 Å². The van der Waals surface area contributed by atoms with Gasteiger partial charge in [-0.05, 0) is 69.7 Å². The number of hydrogen-bond donors (Lipinski definition) is 1. The predicted octanol–water partition coefficient (Wildman–Crippen LogP) is 3.16. The summed E-state index contributed by atoms with van der Waals surface area (Å²) in [4.78, 5) is 2.76. The van der Waals surface area contributed by atoms with Crippen molar-refractivity contribution in [1.82, 2.24) is 4.90 Å². The van der Waals surface area contributed by atoms with Gasteiger partial charge in [0, 0.05) is 18.6 Å². The van der Waals surface area contributed by atoms with Crippen molar-refractivity contribution < 1.29 is 0 Å². The highest BCUT2D eigenvalue weighted by atomic mass is 15.2. The summed E-state index contributed by atoms with van der Waals surface area (Å²) in [7, 11) is 0. The van der Waals surface area contributed by atoms with Crippen LogP contribution >= 0.6 is 0 Å². The van der Waals surface area contributed by atoms with E-state index in [4.69, 9.17) is 5.73 Å². The van der Waals surface area contributed by atoms with E-state index in [0.29, 0.717) is 6.04 Å². The summed E-state index contributed by atoms with van der Waals surface area (Å²) >= 11 is 0. The molecule has 2 nitrogen and oxygen atoms in total. The van der Waals surface area contributed by atoms with Gasteiger partial charge in [-0.1, -0.05) is 12.8 Å². The average molecular weight is 250 g/mol. The largest absolute Gasteiger partial charge is 0.328 e. The molecule has 3 aliphatic rings. The predicted molar refractivity (Wildman–Crippen MR) is 76.5 cm³/mol. The summed E-state index contributed by atoms with van der Waals surface area (Å²) in [6.45, 7) is 4.77. The summed E-state index contributed by atoms with van der Waals surface area (Å²) in [6, 6.07) is 1.28. The highest BCUT2D eigenvalue weighted by Crippen LogP contribution is 2.49. The molecule has 1 saturated heterocycles. The Labute approximate surface area is 112 Å². The van der Waals surface area contributed by atoms with Crippen molar-refractivity contribution in [2.45, 2.75) is 76.8 Å². The molecule has 1 spiro atoms. The van der Waals surface area contributed by atoms with E-state index in [9.17, 15) is 0 Å². The molecule has 2 saturated carbocycles. The second-order valence-corrected chi connectivity index (χ2v) is 7.34. The Balaban J connectivity index is 1.51. The van der Waals surface area contributed by atoms with Crippen LogP contribution < -0.4 is 5.73 Å². The molecule has 2 atom stereocenters. The van der Waals surface area contributed by atoms with Gasteiger partial charge in [-0.2, -0.15) is 0 Å². The monoisotopic (exact) mass is 250 g/mol. The third-order valence-electron chi connectivity index (χ3n) is 6.20. The number of rotatable bonds is 2. The van der Waals surface area contributed by atoms with Crippen LogP contribution in [0.15, 0.2) is 0 Å². The van der Waals surface area contributed by atoms with Crippen LogP contribution in [0.25, 0.3) is 0 Å². The van der Waals surface area contributed by atoms with Gasteiger partial charge in [-0.15, -0.1) is 0 Å². The minimum atomic E-state index is 0.389. The van der Waals surface area contributed by atoms with Gasteiger partial charge in [0.05, 0.1) is 0 Å². The van der Waals surface area contributed by atoms with E-state index in [1.807, 2.05) is 0 Å². The van der Waals surface area contributed by atoms with Gasteiger partial charge in [0.25, 0.3) is 0 Å². The first kappa shape index (κ1) is 12.9. The van der Waals surface area contributed by atoms with Crippen LogP contribution in [0.1, 0.15) is 64.7 Å². The van der Waals surface area contributed by atoms with Crippen LogP contribution in [0.3, 0.4) is 0 Å². The van der Waals surface area contributed by atoms with Gasteiger partial charge >= 0.3 is 0 Å². The Morgan fingerprint density at radius 2 is 1.72 bits per heavy atom. The minimum Gasteiger partial charge on any atom is -0.328 e. The average Bonchev–Trinajstić information content (AvgIpc) is 3.00. The van der Waals surface area contributed by atoms with Crippen molar-refractivity contribution in [3.8, 4) is 0 Å². The van der Waals surface area contributed by atoms with E-state index in [-0.39, 0.29) is 0 Å². The van der Waals surface area contributed by atoms with E-state index in [2.05, 4.69) is 11.8 Å². The van der Waals surface area contributed by atoms with Crippen LogP contribution in [0, 0.1) is 11.3 Å². The fraction of sp³-hybridized carbons (Fsp3) is 1.00. The topological polar surface area (TPSA) is 29.3 Å². The zero-order valence-corrected chi connectivity index (χ0v) is 12.0. The van der Waals surface area contributed by atoms with Crippen molar-refractivity contribution in [2.75, 3.05) is 13.1 Å². The summed E-state index contributed by atoms with van der Waals surface area (Å²) in [5.41, 5.74) is 6.85. The normalized spacial score (nSPS) is 35.3. The molecule has 18 heavy (non-hydrogen) atoms. The molecule has 2 aliphatic carbocycles. The van der Waals surface area contributed by atoms with Crippen molar-refractivity contribution in [1.29, 1.82) is 0 Å². The van der Waals surface area contributed by atoms with Gasteiger partial charge in [0.15, 0.2) is 0 Å². The minimum absolute atomic E-state index is 0.389. The van der Waals surface area contributed by atoms with Crippen molar-refractivity contribution in [2.24, 2.45) is 17.1 Å². The maximum absolute atomic E-state index is 6.06. The molecule has 0 aromatic rings. The Bertz CT molecular complexity index is 271. The standard InChI is InChI=1S/C16H30N2/c1-13(17)14-6-11-18(12-14)15-4-9-16(10-5-15)7-2-3-8-16/h13-15H,2-12,17H2,1H3. The first-order valence-corrected chi connectivity index (χ1v) is 8.18. The Morgan fingerprint density at radius 3 is 2.28 bits per heavy atom. The molecule has 2 heteroatoms. The lowest BCUT2D eigenvalue weighted by atomic mass is 9.71. The number of nitrogens with two attached hydrogens (primary N) is 1. The molecule has 3 fully saturated rings. The van der Waals surface area contributed by atoms with Gasteiger partial charge in [0.1, 0.15) is 0 Å².